The number of rotatable bonds is 6. The van der Waals surface area contributed by atoms with Crippen LogP contribution in [0.1, 0.15) is 31.4 Å². The number of carbonyl (C=O) groups excluding carboxylic acids is 2. The van der Waals surface area contributed by atoms with Crippen LogP contribution < -0.4 is 15.4 Å². The van der Waals surface area contributed by atoms with E-state index in [0.717, 1.165) is 37.4 Å². The number of nitrogens with zero attached hydrogens (tertiary/aromatic N) is 2. The van der Waals surface area contributed by atoms with Gasteiger partial charge in [-0.2, -0.15) is 0 Å². The fourth-order valence-electron chi connectivity index (χ4n) is 2.95. The van der Waals surface area contributed by atoms with E-state index in [4.69, 9.17) is 4.74 Å². The van der Waals surface area contributed by atoms with Crippen molar-refractivity contribution in [2.75, 3.05) is 30.8 Å². The maximum absolute atomic E-state index is 12.2. The van der Waals surface area contributed by atoms with Crippen LogP contribution in [0.2, 0.25) is 0 Å². The number of piperidine rings is 1. The van der Waals surface area contributed by atoms with Gasteiger partial charge in [0.25, 0.3) is 0 Å². The number of ether oxygens (including phenoxy) is 1. The third-order valence-electron chi connectivity index (χ3n) is 4.42. The number of likely N-dealkylation sites (tertiary alicyclic amines) is 1. The minimum absolute atomic E-state index is 0.189. The SMILES string of the molecule is COc1ccc(NC(=O)Nc2nc(CCC(=O)N3CCCCC3)cs2)cc1. The summed E-state index contributed by atoms with van der Waals surface area (Å²) in [7, 11) is 1.59. The number of amides is 3. The first-order valence-corrected chi connectivity index (χ1v) is 9.96. The Hall–Kier alpha value is -2.61. The Morgan fingerprint density at radius 1 is 1.15 bits per heavy atom. The molecule has 1 fully saturated rings. The number of aromatic nitrogens is 1. The van der Waals surface area contributed by atoms with Crippen LogP contribution in [-0.4, -0.2) is 42.0 Å². The highest BCUT2D eigenvalue weighted by Crippen LogP contribution is 2.19. The molecule has 0 bridgehead atoms. The lowest BCUT2D eigenvalue weighted by Crippen LogP contribution is -2.35. The number of hydrogen-bond donors (Lipinski definition) is 2. The van der Waals surface area contributed by atoms with Crippen LogP contribution in [0.3, 0.4) is 0 Å². The number of aryl methyl sites for hydroxylation is 1. The van der Waals surface area contributed by atoms with Crippen molar-refractivity contribution < 1.29 is 14.3 Å². The molecule has 2 aromatic rings. The highest BCUT2D eigenvalue weighted by atomic mass is 32.1. The maximum Gasteiger partial charge on any atom is 0.325 e. The topological polar surface area (TPSA) is 83.6 Å². The molecule has 8 heteroatoms. The van der Waals surface area contributed by atoms with Gasteiger partial charge < -0.3 is 15.0 Å². The highest BCUT2D eigenvalue weighted by Gasteiger charge is 2.16. The number of carbonyl (C=O) groups is 2. The van der Waals surface area contributed by atoms with Crippen molar-refractivity contribution >= 4 is 34.1 Å². The van der Waals surface area contributed by atoms with Gasteiger partial charge in [-0.05, 0) is 49.9 Å². The smallest absolute Gasteiger partial charge is 0.325 e. The molecule has 144 valence electrons. The lowest BCUT2D eigenvalue weighted by molar-refractivity contribution is -0.132. The largest absolute Gasteiger partial charge is 0.497 e. The van der Waals surface area contributed by atoms with Crippen LogP contribution in [0.15, 0.2) is 29.6 Å². The van der Waals surface area contributed by atoms with Gasteiger partial charge in [0.2, 0.25) is 5.91 Å². The van der Waals surface area contributed by atoms with Crippen molar-refractivity contribution in [1.82, 2.24) is 9.88 Å². The molecule has 1 aliphatic heterocycles. The number of urea groups is 1. The first-order valence-electron chi connectivity index (χ1n) is 9.08. The lowest BCUT2D eigenvalue weighted by atomic mass is 10.1. The number of thiazole rings is 1. The average Bonchev–Trinajstić information content (AvgIpc) is 3.14. The first-order chi connectivity index (χ1) is 13.1. The summed E-state index contributed by atoms with van der Waals surface area (Å²) in [5.41, 5.74) is 1.49. The molecule has 3 amide bonds. The predicted octanol–water partition coefficient (Wildman–Crippen LogP) is 3.74. The van der Waals surface area contributed by atoms with Crippen molar-refractivity contribution in [2.45, 2.75) is 32.1 Å². The van der Waals surface area contributed by atoms with Gasteiger partial charge in [-0.15, -0.1) is 11.3 Å². The minimum Gasteiger partial charge on any atom is -0.497 e. The second kappa shape index (κ2) is 9.36. The van der Waals surface area contributed by atoms with Crippen molar-refractivity contribution in [3.8, 4) is 5.75 Å². The number of nitrogens with one attached hydrogen (secondary N) is 2. The summed E-state index contributed by atoms with van der Waals surface area (Å²) in [4.78, 5) is 30.6. The van der Waals surface area contributed by atoms with E-state index in [1.807, 2.05) is 10.3 Å². The monoisotopic (exact) mass is 388 g/mol. The van der Waals surface area contributed by atoms with Crippen LogP contribution in [0.25, 0.3) is 0 Å². The zero-order valence-corrected chi connectivity index (χ0v) is 16.2. The fourth-order valence-corrected chi connectivity index (χ4v) is 3.69. The highest BCUT2D eigenvalue weighted by molar-refractivity contribution is 7.13. The molecule has 1 aliphatic rings. The second-order valence-electron chi connectivity index (χ2n) is 6.39. The Labute approximate surface area is 162 Å². The number of anilines is 2. The summed E-state index contributed by atoms with van der Waals surface area (Å²) in [5, 5.41) is 7.86. The van der Waals surface area contributed by atoms with Gasteiger partial charge in [-0.1, -0.05) is 0 Å². The van der Waals surface area contributed by atoms with E-state index in [1.54, 1.807) is 31.4 Å². The molecule has 7 nitrogen and oxygen atoms in total. The van der Waals surface area contributed by atoms with E-state index < -0.39 is 0 Å². The molecule has 1 aromatic heterocycles. The Morgan fingerprint density at radius 3 is 2.59 bits per heavy atom. The average molecular weight is 388 g/mol. The fraction of sp³-hybridized carbons (Fsp3) is 0.421. The van der Waals surface area contributed by atoms with Crippen molar-refractivity contribution in [3.63, 3.8) is 0 Å². The number of benzene rings is 1. The van der Waals surface area contributed by atoms with Crippen molar-refractivity contribution in [3.05, 3.63) is 35.3 Å². The molecule has 2 heterocycles. The Kier molecular flexibility index (Phi) is 6.64. The van der Waals surface area contributed by atoms with Gasteiger partial charge in [0.05, 0.1) is 12.8 Å². The molecular weight excluding hydrogens is 364 g/mol. The van der Waals surface area contributed by atoms with Gasteiger partial charge in [0, 0.05) is 30.6 Å². The quantitative estimate of drug-likeness (QED) is 0.790. The molecule has 0 unspecified atom stereocenters. The molecule has 0 saturated carbocycles. The first kappa shape index (κ1) is 19.2. The van der Waals surface area contributed by atoms with Crippen LogP contribution >= 0.6 is 11.3 Å². The normalized spacial score (nSPS) is 13.9. The zero-order chi connectivity index (χ0) is 19.1. The molecular formula is C19H24N4O3S. The van der Waals surface area contributed by atoms with Crippen molar-refractivity contribution in [1.29, 1.82) is 0 Å². The van der Waals surface area contributed by atoms with Crippen LogP contribution in [-0.2, 0) is 11.2 Å². The maximum atomic E-state index is 12.2. The Bertz CT molecular complexity index is 770. The molecule has 2 N–H and O–H groups in total. The summed E-state index contributed by atoms with van der Waals surface area (Å²) >= 11 is 1.35. The van der Waals surface area contributed by atoms with Crippen LogP contribution in [0.5, 0.6) is 5.75 Å². The summed E-state index contributed by atoms with van der Waals surface area (Å²) < 4.78 is 5.09. The third-order valence-corrected chi connectivity index (χ3v) is 5.23. The summed E-state index contributed by atoms with van der Waals surface area (Å²) in [5.74, 6) is 0.916. The van der Waals surface area contributed by atoms with Gasteiger partial charge in [0.1, 0.15) is 5.75 Å². The zero-order valence-electron chi connectivity index (χ0n) is 15.4. The van der Waals surface area contributed by atoms with E-state index in [2.05, 4.69) is 15.6 Å². The van der Waals surface area contributed by atoms with Gasteiger partial charge in [-0.3, -0.25) is 10.1 Å². The Morgan fingerprint density at radius 2 is 1.89 bits per heavy atom. The Balaban J connectivity index is 1.45. The van der Waals surface area contributed by atoms with Gasteiger partial charge >= 0.3 is 6.03 Å². The van der Waals surface area contributed by atoms with E-state index in [1.165, 1.54) is 17.8 Å². The molecule has 1 saturated heterocycles. The lowest BCUT2D eigenvalue weighted by Gasteiger charge is -2.26. The standard InChI is InChI=1S/C19H24N4O3S/c1-26-16-8-5-14(6-9-16)20-18(25)22-19-21-15(13-27-19)7-10-17(24)23-11-3-2-4-12-23/h5-6,8-9,13H,2-4,7,10-12H2,1H3,(H2,20,21,22,25). The number of methoxy groups -OCH3 is 1. The molecule has 27 heavy (non-hydrogen) atoms. The van der Waals surface area contributed by atoms with Crippen LogP contribution in [0.4, 0.5) is 15.6 Å². The predicted molar refractivity (Wildman–Crippen MR) is 107 cm³/mol. The van der Waals surface area contributed by atoms with E-state index in [9.17, 15) is 9.59 Å². The molecule has 0 atom stereocenters. The van der Waals surface area contributed by atoms with Crippen molar-refractivity contribution in [2.24, 2.45) is 0 Å². The van der Waals surface area contributed by atoms with E-state index >= 15 is 0 Å². The molecule has 0 aliphatic carbocycles. The molecule has 3 rings (SSSR count). The van der Waals surface area contributed by atoms with Gasteiger partial charge in [0.15, 0.2) is 5.13 Å². The molecule has 1 aromatic carbocycles. The van der Waals surface area contributed by atoms with Crippen LogP contribution in [0, 0.1) is 0 Å². The summed E-state index contributed by atoms with van der Waals surface area (Å²) in [6, 6.07) is 6.72. The summed E-state index contributed by atoms with van der Waals surface area (Å²) in [6.45, 7) is 1.74. The van der Waals surface area contributed by atoms with E-state index in [-0.39, 0.29) is 11.9 Å². The minimum atomic E-state index is -0.356. The molecule has 0 radical (unpaired) electrons. The summed E-state index contributed by atoms with van der Waals surface area (Å²) in [6.07, 6.45) is 4.46. The third kappa shape index (κ3) is 5.68. The van der Waals surface area contributed by atoms with Gasteiger partial charge in [-0.25, -0.2) is 9.78 Å². The number of hydrogen-bond acceptors (Lipinski definition) is 5. The second-order valence-corrected chi connectivity index (χ2v) is 7.25. The molecule has 0 spiro atoms. The van der Waals surface area contributed by atoms with E-state index in [0.29, 0.717) is 23.7 Å².